The van der Waals surface area contributed by atoms with E-state index in [2.05, 4.69) is 40.4 Å². The Bertz CT molecular complexity index is 1430. The first kappa shape index (κ1) is 39.0. The summed E-state index contributed by atoms with van der Waals surface area (Å²) in [4.78, 5) is 33.9. The minimum absolute atomic E-state index is 0. The topological polar surface area (TPSA) is 125 Å². The number of carbonyl (C=O) groups excluding carboxylic acids is 2. The Hall–Kier alpha value is -2.43. The zero-order valence-corrected chi connectivity index (χ0v) is 30.3. The molecule has 5 rings (SSSR count). The van der Waals surface area contributed by atoms with E-state index in [0.29, 0.717) is 43.8 Å². The normalized spacial score (nSPS) is 20.0. The number of fused-ring (bicyclic) bond motifs is 2. The molecule has 47 heavy (non-hydrogen) atoms. The summed E-state index contributed by atoms with van der Waals surface area (Å²) in [5, 5.41) is 18.0. The third kappa shape index (κ3) is 11.3. The summed E-state index contributed by atoms with van der Waals surface area (Å²) in [6, 6.07) is 15.4. The average molecular weight is 708 g/mol. The number of nitrogens with one attached hydrogen (secondary N) is 2. The van der Waals surface area contributed by atoms with Crippen molar-refractivity contribution in [3.63, 3.8) is 0 Å². The number of hydrogen-bond acceptors (Lipinski definition) is 10. The van der Waals surface area contributed by atoms with Crippen molar-refractivity contribution in [3.05, 3.63) is 59.7 Å². The van der Waals surface area contributed by atoms with Crippen LogP contribution in [0.1, 0.15) is 31.4 Å². The molecular formula is C33H49N5O6S3. The highest BCUT2D eigenvalue weighted by atomic mass is 32.1. The van der Waals surface area contributed by atoms with Crippen LogP contribution >= 0.6 is 38.3 Å². The molecule has 2 amide bonds. The van der Waals surface area contributed by atoms with Crippen molar-refractivity contribution in [2.24, 2.45) is 11.8 Å². The van der Waals surface area contributed by atoms with Gasteiger partial charge in [-0.25, -0.2) is 9.78 Å². The second-order valence-corrected chi connectivity index (χ2v) is 13.7. The average Bonchev–Trinajstić information content (AvgIpc) is 3.69. The Balaban J connectivity index is 0.00000300. The first-order valence-electron chi connectivity index (χ1n) is 15.6. The molecule has 2 fully saturated rings. The molecule has 0 bridgehead atoms. The quantitative estimate of drug-likeness (QED) is 0.229. The number of likely N-dealkylation sites (N-methyl/N-ethyl adjacent to an activating group) is 1. The van der Waals surface area contributed by atoms with E-state index in [1.807, 2.05) is 61.5 Å². The van der Waals surface area contributed by atoms with Crippen molar-refractivity contribution >= 4 is 65.7 Å². The van der Waals surface area contributed by atoms with Crippen molar-refractivity contribution in [3.8, 4) is 0 Å². The van der Waals surface area contributed by atoms with E-state index < -0.39 is 18.2 Å². The molecule has 5 unspecified atom stereocenters. The summed E-state index contributed by atoms with van der Waals surface area (Å²) in [5.74, 6) is 0.292. The largest absolute Gasteiger partial charge is 0.443 e. The Morgan fingerprint density at radius 1 is 1.09 bits per heavy atom. The van der Waals surface area contributed by atoms with Crippen molar-refractivity contribution in [1.82, 2.24) is 20.1 Å². The van der Waals surface area contributed by atoms with Crippen LogP contribution in [0.4, 0.5) is 9.93 Å². The molecule has 0 spiro atoms. The molecule has 2 aromatic carbocycles. The summed E-state index contributed by atoms with van der Waals surface area (Å²) in [5.41, 5.74) is 2.91. The lowest BCUT2D eigenvalue weighted by Gasteiger charge is -2.31. The van der Waals surface area contributed by atoms with Crippen LogP contribution in [0.2, 0.25) is 0 Å². The third-order valence-electron chi connectivity index (χ3n) is 7.94. The molecule has 260 valence electrons. The van der Waals surface area contributed by atoms with Gasteiger partial charge in [0.15, 0.2) is 11.4 Å². The van der Waals surface area contributed by atoms with Gasteiger partial charge in [0, 0.05) is 19.6 Å². The standard InChI is InChI=1S/C33H45N5O6S.2H2S/c1-21(2)16-38(17-23-10-11-25-29(15-23)45-32(34-25)36-30(40)19-37(3)4)18-27(39)26(14-22-8-6-5-7-9-22)35-33(41)44-28-20-43-31-24(28)12-13-42-31;;/h5-11,15,21,24,26-28,31,39H,12-14,16-20H2,1-4H3,(H,35,41)(H,34,36,40);2*1H2. The van der Waals surface area contributed by atoms with Crippen LogP contribution in [0, 0.1) is 11.8 Å². The minimum atomic E-state index is -0.857. The van der Waals surface area contributed by atoms with Gasteiger partial charge in [-0.3, -0.25) is 9.69 Å². The van der Waals surface area contributed by atoms with Crippen molar-refractivity contribution in [2.75, 3.05) is 52.3 Å². The summed E-state index contributed by atoms with van der Waals surface area (Å²) in [7, 11) is 3.70. The molecule has 3 aromatic rings. The van der Waals surface area contributed by atoms with Crippen molar-refractivity contribution < 1.29 is 28.9 Å². The molecule has 3 heterocycles. The molecule has 2 aliphatic heterocycles. The van der Waals surface area contributed by atoms with E-state index in [9.17, 15) is 14.7 Å². The SMILES string of the molecule is CC(C)CN(Cc1ccc2nc(NC(=O)CN(C)C)sc2c1)CC(O)C(Cc1ccccc1)NC(=O)OC1COC2OCCC12.S.S. The maximum absolute atomic E-state index is 13.1. The summed E-state index contributed by atoms with van der Waals surface area (Å²) >= 11 is 1.45. The van der Waals surface area contributed by atoms with Gasteiger partial charge in [0.25, 0.3) is 0 Å². The number of anilines is 1. The predicted molar refractivity (Wildman–Crippen MR) is 195 cm³/mol. The lowest BCUT2D eigenvalue weighted by molar-refractivity contribution is -0.116. The minimum Gasteiger partial charge on any atom is -0.443 e. The molecule has 1 aromatic heterocycles. The van der Waals surface area contributed by atoms with E-state index in [-0.39, 0.29) is 57.8 Å². The Morgan fingerprint density at radius 2 is 1.85 bits per heavy atom. The van der Waals surface area contributed by atoms with E-state index in [4.69, 9.17) is 14.2 Å². The van der Waals surface area contributed by atoms with Crippen LogP contribution in [0.15, 0.2) is 48.5 Å². The maximum Gasteiger partial charge on any atom is 0.407 e. The van der Waals surface area contributed by atoms with Crippen molar-refractivity contribution in [2.45, 2.75) is 57.8 Å². The molecule has 2 saturated heterocycles. The number of thiazole rings is 1. The van der Waals surface area contributed by atoms with Crippen LogP contribution < -0.4 is 10.6 Å². The number of amides is 2. The van der Waals surface area contributed by atoms with Gasteiger partial charge >= 0.3 is 6.09 Å². The lowest BCUT2D eigenvalue weighted by Crippen LogP contribution is -2.50. The lowest BCUT2D eigenvalue weighted by atomic mass is 10.00. The number of rotatable bonds is 14. The second-order valence-electron chi connectivity index (χ2n) is 12.7. The zero-order valence-electron chi connectivity index (χ0n) is 27.5. The van der Waals surface area contributed by atoms with Gasteiger partial charge < -0.3 is 34.9 Å². The van der Waals surface area contributed by atoms with Crippen molar-refractivity contribution in [1.29, 1.82) is 0 Å². The molecule has 0 aliphatic carbocycles. The smallest absolute Gasteiger partial charge is 0.407 e. The van der Waals surface area contributed by atoms with Gasteiger partial charge in [-0.1, -0.05) is 61.6 Å². The van der Waals surface area contributed by atoms with Crippen LogP contribution in [0.5, 0.6) is 0 Å². The van der Waals surface area contributed by atoms with Crippen LogP contribution in [-0.4, -0.2) is 103 Å². The molecule has 11 nitrogen and oxygen atoms in total. The number of ether oxygens (including phenoxy) is 3. The van der Waals surface area contributed by atoms with Crippen LogP contribution in [0.3, 0.4) is 0 Å². The van der Waals surface area contributed by atoms with Gasteiger partial charge in [-0.05, 0) is 56.1 Å². The van der Waals surface area contributed by atoms with Gasteiger partial charge in [-0.2, -0.15) is 27.0 Å². The molecule has 5 atom stereocenters. The highest BCUT2D eigenvalue weighted by Gasteiger charge is 2.44. The predicted octanol–water partition coefficient (Wildman–Crippen LogP) is 3.94. The molecule has 3 N–H and O–H groups in total. The molecule has 0 radical (unpaired) electrons. The highest BCUT2D eigenvalue weighted by Crippen LogP contribution is 2.33. The third-order valence-corrected chi connectivity index (χ3v) is 8.88. The zero-order chi connectivity index (χ0) is 31.9. The maximum atomic E-state index is 13.1. The van der Waals surface area contributed by atoms with E-state index in [1.165, 1.54) is 11.3 Å². The molecule has 2 aliphatic rings. The Labute approximate surface area is 295 Å². The van der Waals surface area contributed by atoms with Gasteiger partial charge in [0.1, 0.15) is 6.10 Å². The second kappa shape index (κ2) is 18.4. The fourth-order valence-electron chi connectivity index (χ4n) is 5.96. The summed E-state index contributed by atoms with van der Waals surface area (Å²) < 4.78 is 18.0. The van der Waals surface area contributed by atoms with Gasteiger partial charge in [0.05, 0.1) is 48.0 Å². The van der Waals surface area contributed by atoms with E-state index in [1.54, 1.807) is 0 Å². The van der Waals surface area contributed by atoms with Gasteiger partial charge in [0.2, 0.25) is 5.91 Å². The van der Waals surface area contributed by atoms with Crippen LogP contribution in [0.25, 0.3) is 10.2 Å². The van der Waals surface area contributed by atoms with Crippen LogP contribution in [-0.2, 0) is 32.0 Å². The number of carbonyl (C=O) groups is 2. The number of nitrogens with zero attached hydrogens (tertiary/aromatic N) is 3. The number of benzene rings is 2. The number of hydrogen-bond donors (Lipinski definition) is 3. The Morgan fingerprint density at radius 3 is 2.57 bits per heavy atom. The first-order valence-corrected chi connectivity index (χ1v) is 16.4. The summed E-state index contributed by atoms with van der Waals surface area (Å²) in [6.07, 6.45) is -0.843. The van der Waals surface area contributed by atoms with Gasteiger partial charge in [-0.15, -0.1) is 0 Å². The number of aliphatic hydroxyl groups excluding tert-OH is 1. The highest BCUT2D eigenvalue weighted by molar-refractivity contribution is 7.59. The monoisotopic (exact) mass is 707 g/mol. The number of aromatic nitrogens is 1. The fraction of sp³-hybridized carbons (Fsp3) is 0.545. The molecular weight excluding hydrogens is 659 g/mol. The number of aliphatic hydroxyl groups is 1. The number of alkyl carbamates (subject to hydrolysis) is 1. The van der Waals surface area contributed by atoms with E-state index >= 15 is 0 Å². The first-order chi connectivity index (χ1) is 21.6. The molecule has 14 heteroatoms. The summed E-state index contributed by atoms with van der Waals surface area (Å²) in [6.45, 7) is 7.21. The molecule has 0 saturated carbocycles. The fourth-order valence-corrected chi connectivity index (χ4v) is 6.90. The Kier molecular flexibility index (Phi) is 15.2. The van der Waals surface area contributed by atoms with E-state index in [0.717, 1.165) is 34.3 Å².